The maximum atomic E-state index is 13.4. The third-order valence-electron chi connectivity index (χ3n) is 6.90. The second kappa shape index (κ2) is 9.95. The zero-order chi connectivity index (χ0) is 25.3. The van der Waals surface area contributed by atoms with E-state index in [1.807, 2.05) is 81.8 Å². The number of benzene rings is 2. The Hall–Kier alpha value is -2.97. The summed E-state index contributed by atoms with van der Waals surface area (Å²) in [6.45, 7) is 10.3. The molecule has 1 aliphatic rings. The first-order chi connectivity index (χ1) is 16.6. The van der Waals surface area contributed by atoms with Gasteiger partial charge in [0.1, 0.15) is 0 Å². The lowest BCUT2D eigenvalue weighted by molar-refractivity contribution is -0.126. The molecule has 8 heteroatoms. The van der Waals surface area contributed by atoms with Crippen LogP contribution < -0.4 is 5.32 Å². The highest BCUT2D eigenvalue weighted by Gasteiger charge is 2.34. The van der Waals surface area contributed by atoms with Crippen LogP contribution in [0.5, 0.6) is 0 Å². The van der Waals surface area contributed by atoms with E-state index in [0.717, 1.165) is 33.6 Å². The fourth-order valence-electron chi connectivity index (χ4n) is 5.15. The molecular formula is C27H34N4O3S. The first kappa shape index (κ1) is 25.1. The summed E-state index contributed by atoms with van der Waals surface area (Å²) >= 11 is 0. The Kier molecular flexibility index (Phi) is 7.15. The van der Waals surface area contributed by atoms with Gasteiger partial charge >= 0.3 is 0 Å². The molecule has 4 rings (SSSR count). The number of aryl methyl sites for hydroxylation is 3. The number of aromatic nitrogens is 2. The number of amides is 1. The van der Waals surface area contributed by atoms with Crippen LogP contribution >= 0.6 is 0 Å². The van der Waals surface area contributed by atoms with Crippen LogP contribution in [-0.4, -0.2) is 41.5 Å². The maximum absolute atomic E-state index is 13.4. The molecule has 1 N–H and O–H groups in total. The van der Waals surface area contributed by atoms with Gasteiger partial charge in [0.05, 0.1) is 22.8 Å². The number of hydrogen-bond donors (Lipinski definition) is 1. The van der Waals surface area contributed by atoms with Crippen molar-refractivity contribution in [2.75, 3.05) is 13.1 Å². The molecule has 1 amide bonds. The first-order valence-electron chi connectivity index (χ1n) is 12.1. The third kappa shape index (κ3) is 5.04. The van der Waals surface area contributed by atoms with Gasteiger partial charge in [0.15, 0.2) is 0 Å². The normalized spacial score (nSPS) is 16.3. The minimum atomic E-state index is -3.59. The van der Waals surface area contributed by atoms with Gasteiger partial charge in [0.2, 0.25) is 15.9 Å². The number of rotatable bonds is 6. The molecule has 0 aliphatic carbocycles. The minimum absolute atomic E-state index is 0.0379. The van der Waals surface area contributed by atoms with Crippen molar-refractivity contribution in [2.45, 2.75) is 58.4 Å². The molecule has 2 heterocycles. The number of para-hydroxylation sites is 1. The summed E-state index contributed by atoms with van der Waals surface area (Å²) < 4.78 is 30.1. The Morgan fingerprint density at radius 1 is 1.03 bits per heavy atom. The number of piperidine rings is 1. The predicted molar refractivity (Wildman–Crippen MR) is 137 cm³/mol. The lowest BCUT2D eigenvalue weighted by Crippen LogP contribution is -2.43. The molecule has 35 heavy (non-hydrogen) atoms. The molecule has 1 saturated heterocycles. The van der Waals surface area contributed by atoms with Crippen molar-refractivity contribution >= 4 is 15.9 Å². The monoisotopic (exact) mass is 494 g/mol. The predicted octanol–water partition coefficient (Wildman–Crippen LogP) is 4.38. The standard InChI is InChI=1S/C27H34N4O3S/c1-18-15-19(2)26(20(3)16-18)35(33,34)30-13-11-23(12-14-30)27(32)29-21(4)25-17-28-31(22(25)5)24-9-7-6-8-10-24/h6-10,15-17,21,23H,11-14H2,1-5H3,(H,29,32). The second-order valence-corrected chi connectivity index (χ2v) is 11.4. The zero-order valence-electron chi connectivity index (χ0n) is 21.1. The van der Waals surface area contributed by atoms with Crippen molar-refractivity contribution in [2.24, 2.45) is 5.92 Å². The van der Waals surface area contributed by atoms with Gasteiger partial charge in [-0.3, -0.25) is 4.79 Å². The summed E-state index contributed by atoms with van der Waals surface area (Å²) in [6.07, 6.45) is 2.81. The molecule has 2 aromatic carbocycles. The fourth-order valence-corrected chi connectivity index (χ4v) is 7.03. The van der Waals surface area contributed by atoms with Crippen molar-refractivity contribution < 1.29 is 13.2 Å². The Balaban J connectivity index is 1.40. The quantitative estimate of drug-likeness (QED) is 0.551. The summed E-state index contributed by atoms with van der Waals surface area (Å²) in [4.78, 5) is 13.4. The molecule has 1 aliphatic heterocycles. The topological polar surface area (TPSA) is 84.3 Å². The van der Waals surface area contributed by atoms with Gasteiger partial charge in [0, 0.05) is 30.3 Å². The largest absolute Gasteiger partial charge is 0.349 e. The molecule has 1 atom stereocenters. The van der Waals surface area contributed by atoms with Crippen molar-refractivity contribution in [3.63, 3.8) is 0 Å². The average molecular weight is 495 g/mol. The van der Waals surface area contributed by atoms with Gasteiger partial charge in [-0.05, 0) is 70.7 Å². The highest BCUT2D eigenvalue weighted by atomic mass is 32.2. The number of carbonyl (C=O) groups excluding carboxylic acids is 1. The highest BCUT2D eigenvalue weighted by Crippen LogP contribution is 2.29. The zero-order valence-corrected chi connectivity index (χ0v) is 21.9. The average Bonchev–Trinajstić information content (AvgIpc) is 3.20. The molecule has 7 nitrogen and oxygen atoms in total. The Bertz CT molecular complexity index is 1300. The molecule has 1 aromatic heterocycles. The fraction of sp³-hybridized carbons (Fsp3) is 0.407. The molecular weight excluding hydrogens is 460 g/mol. The molecule has 1 fully saturated rings. The molecule has 0 saturated carbocycles. The van der Waals surface area contributed by atoms with E-state index in [0.29, 0.717) is 30.8 Å². The van der Waals surface area contributed by atoms with E-state index < -0.39 is 10.0 Å². The van der Waals surface area contributed by atoms with E-state index in [2.05, 4.69) is 10.4 Å². The van der Waals surface area contributed by atoms with Gasteiger partial charge < -0.3 is 5.32 Å². The molecule has 3 aromatic rings. The smallest absolute Gasteiger partial charge is 0.243 e. The summed E-state index contributed by atoms with van der Waals surface area (Å²) in [7, 11) is -3.59. The van der Waals surface area contributed by atoms with Crippen LogP contribution in [-0.2, 0) is 14.8 Å². The van der Waals surface area contributed by atoms with E-state index in [1.54, 1.807) is 6.20 Å². The second-order valence-electron chi connectivity index (χ2n) is 9.57. The third-order valence-corrected chi connectivity index (χ3v) is 9.11. The Morgan fingerprint density at radius 3 is 2.23 bits per heavy atom. The molecule has 0 bridgehead atoms. The van der Waals surface area contributed by atoms with Crippen LogP contribution in [0, 0.1) is 33.6 Å². The number of sulfonamides is 1. The van der Waals surface area contributed by atoms with E-state index >= 15 is 0 Å². The van der Waals surface area contributed by atoms with Crippen molar-refractivity contribution in [3.8, 4) is 5.69 Å². The van der Waals surface area contributed by atoms with Crippen LogP contribution in [0.4, 0.5) is 0 Å². The summed E-state index contributed by atoms with van der Waals surface area (Å²) in [6, 6.07) is 13.5. The minimum Gasteiger partial charge on any atom is -0.349 e. The Morgan fingerprint density at radius 2 is 1.63 bits per heavy atom. The van der Waals surface area contributed by atoms with Crippen LogP contribution in [0.3, 0.4) is 0 Å². The molecule has 0 radical (unpaired) electrons. The summed E-state index contributed by atoms with van der Waals surface area (Å²) in [5, 5.41) is 7.63. The first-order valence-corrected chi connectivity index (χ1v) is 13.5. The van der Waals surface area contributed by atoms with E-state index in [-0.39, 0.29) is 17.9 Å². The van der Waals surface area contributed by atoms with Gasteiger partial charge in [-0.2, -0.15) is 9.40 Å². The maximum Gasteiger partial charge on any atom is 0.243 e. The lowest BCUT2D eigenvalue weighted by Gasteiger charge is -2.32. The van der Waals surface area contributed by atoms with Crippen molar-refractivity contribution in [1.82, 2.24) is 19.4 Å². The van der Waals surface area contributed by atoms with Gasteiger partial charge in [-0.1, -0.05) is 35.9 Å². The molecule has 1 unspecified atom stereocenters. The van der Waals surface area contributed by atoms with Crippen molar-refractivity contribution in [3.05, 3.63) is 76.6 Å². The van der Waals surface area contributed by atoms with E-state index in [4.69, 9.17) is 0 Å². The van der Waals surface area contributed by atoms with Crippen LogP contribution in [0.2, 0.25) is 0 Å². The van der Waals surface area contributed by atoms with Gasteiger partial charge in [0.25, 0.3) is 0 Å². The molecule has 0 spiro atoms. The van der Waals surface area contributed by atoms with Crippen molar-refractivity contribution in [1.29, 1.82) is 0 Å². The lowest BCUT2D eigenvalue weighted by atomic mass is 9.96. The van der Waals surface area contributed by atoms with Crippen LogP contribution in [0.25, 0.3) is 5.69 Å². The van der Waals surface area contributed by atoms with Crippen LogP contribution in [0.1, 0.15) is 53.8 Å². The molecule has 186 valence electrons. The summed E-state index contributed by atoms with van der Waals surface area (Å²) in [5.41, 5.74) is 5.50. The van der Waals surface area contributed by atoms with Gasteiger partial charge in [-0.15, -0.1) is 0 Å². The number of nitrogens with zero attached hydrogens (tertiary/aromatic N) is 3. The summed E-state index contributed by atoms with van der Waals surface area (Å²) in [5.74, 6) is -0.252. The number of hydrogen-bond acceptors (Lipinski definition) is 4. The highest BCUT2D eigenvalue weighted by molar-refractivity contribution is 7.89. The van der Waals surface area contributed by atoms with Gasteiger partial charge in [-0.25, -0.2) is 13.1 Å². The number of nitrogens with one attached hydrogen (secondary N) is 1. The van der Waals surface area contributed by atoms with Crippen LogP contribution in [0.15, 0.2) is 53.6 Å². The van der Waals surface area contributed by atoms with E-state index in [9.17, 15) is 13.2 Å². The number of carbonyl (C=O) groups is 1. The Labute approximate surface area is 208 Å². The van der Waals surface area contributed by atoms with E-state index in [1.165, 1.54) is 4.31 Å². The SMILES string of the molecule is Cc1cc(C)c(S(=O)(=O)N2CCC(C(=O)NC(C)c3cnn(-c4ccccc4)c3C)CC2)c(C)c1.